The summed E-state index contributed by atoms with van der Waals surface area (Å²) in [6, 6.07) is 17.8. The van der Waals surface area contributed by atoms with Gasteiger partial charge in [0.1, 0.15) is 0 Å². The maximum absolute atomic E-state index is 12.8. The summed E-state index contributed by atoms with van der Waals surface area (Å²) in [6.45, 7) is 8.14. The molecule has 2 heterocycles. The largest absolute Gasteiger partial charge is 0.378 e. The molecule has 0 spiro atoms. The number of likely N-dealkylation sites (tertiary alicyclic amines) is 1. The zero-order valence-corrected chi connectivity index (χ0v) is 20.1. The number of ether oxygens (including phenoxy) is 1. The van der Waals surface area contributed by atoms with Crippen LogP contribution in [0, 0.1) is 0 Å². The lowest BCUT2D eigenvalue weighted by molar-refractivity contribution is -0.118. The molecule has 2 aliphatic rings. The van der Waals surface area contributed by atoms with E-state index in [2.05, 4.69) is 34.2 Å². The smallest absolute Gasteiger partial charge is 0.253 e. The predicted molar refractivity (Wildman–Crippen MR) is 135 cm³/mol. The van der Waals surface area contributed by atoms with Gasteiger partial charge < -0.3 is 19.9 Å². The molecular weight excluding hydrogens is 428 g/mol. The van der Waals surface area contributed by atoms with Crippen LogP contribution in [0.2, 0.25) is 0 Å². The summed E-state index contributed by atoms with van der Waals surface area (Å²) in [7, 11) is 0. The summed E-state index contributed by atoms with van der Waals surface area (Å²) in [5.74, 6) is 0.106. The van der Waals surface area contributed by atoms with Gasteiger partial charge in [-0.2, -0.15) is 0 Å². The van der Waals surface area contributed by atoms with Gasteiger partial charge in [-0.25, -0.2) is 0 Å². The van der Waals surface area contributed by atoms with Crippen molar-refractivity contribution in [2.24, 2.45) is 0 Å². The van der Waals surface area contributed by atoms with E-state index in [1.807, 2.05) is 47.4 Å². The fraction of sp³-hybridized carbons (Fsp3) is 0.481. The average molecular weight is 465 g/mol. The van der Waals surface area contributed by atoms with Crippen LogP contribution in [0.15, 0.2) is 54.6 Å². The minimum atomic E-state index is 0.00960. The monoisotopic (exact) mass is 464 g/mol. The lowest BCUT2D eigenvalue weighted by Gasteiger charge is -2.38. The first-order chi connectivity index (χ1) is 16.6. The van der Waals surface area contributed by atoms with Crippen molar-refractivity contribution in [3.8, 4) is 0 Å². The number of carbonyl (C=O) groups excluding carboxylic acids is 2. The SMILES string of the molecule is CCCN(CC(=O)Nc1ccc(N2CCOCC2)cc1)C1CCN(C(=O)c2ccccc2)CC1. The molecule has 34 heavy (non-hydrogen) atoms. The van der Waals surface area contributed by atoms with E-state index in [4.69, 9.17) is 4.74 Å². The van der Waals surface area contributed by atoms with E-state index in [-0.39, 0.29) is 11.8 Å². The van der Waals surface area contributed by atoms with Gasteiger partial charge in [-0.15, -0.1) is 0 Å². The first-order valence-corrected chi connectivity index (χ1v) is 12.4. The Morgan fingerprint density at radius 1 is 0.971 bits per heavy atom. The van der Waals surface area contributed by atoms with Gasteiger partial charge >= 0.3 is 0 Å². The fourth-order valence-electron chi connectivity index (χ4n) is 4.84. The minimum absolute atomic E-state index is 0.00960. The topological polar surface area (TPSA) is 65.1 Å². The number of nitrogens with one attached hydrogen (secondary N) is 1. The maximum atomic E-state index is 12.8. The second-order valence-corrected chi connectivity index (χ2v) is 9.05. The van der Waals surface area contributed by atoms with Crippen molar-refractivity contribution in [2.75, 3.05) is 62.7 Å². The molecule has 0 atom stereocenters. The van der Waals surface area contributed by atoms with Gasteiger partial charge in [-0.05, 0) is 62.2 Å². The molecule has 2 amide bonds. The second kappa shape index (κ2) is 12.0. The van der Waals surface area contributed by atoms with Crippen LogP contribution < -0.4 is 10.2 Å². The van der Waals surface area contributed by atoms with Crippen LogP contribution in [0.3, 0.4) is 0 Å². The first kappa shape index (κ1) is 24.2. The van der Waals surface area contributed by atoms with E-state index in [0.717, 1.165) is 82.1 Å². The molecule has 0 unspecified atom stereocenters. The van der Waals surface area contributed by atoms with E-state index >= 15 is 0 Å². The number of rotatable bonds is 8. The fourth-order valence-corrected chi connectivity index (χ4v) is 4.84. The van der Waals surface area contributed by atoms with Gasteiger partial charge in [0.15, 0.2) is 0 Å². The van der Waals surface area contributed by atoms with E-state index in [1.165, 1.54) is 0 Å². The number of nitrogens with zero attached hydrogens (tertiary/aromatic N) is 3. The number of hydrogen-bond acceptors (Lipinski definition) is 5. The molecule has 0 saturated carbocycles. The van der Waals surface area contributed by atoms with Crippen LogP contribution in [-0.2, 0) is 9.53 Å². The van der Waals surface area contributed by atoms with Crippen molar-refractivity contribution >= 4 is 23.2 Å². The second-order valence-electron chi connectivity index (χ2n) is 9.05. The van der Waals surface area contributed by atoms with Gasteiger partial charge in [-0.1, -0.05) is 25.1 Å². The Kier molecular flexibility index (Phi) is 8.55. The summed E-state index contributed by atoms with van der Waals surface area (Å²) in [6.07, 6.45) is 2.77. The Labute approximate surface area is 202 Å². The van der Waals surface area contributed by atoms with Crippen molar-refractivity contribution in [1.29, 1.82) is 0 Å². The van der Waals surface area contributed by atoms with Crippen molar-refractivity contribution in [2.45, 2.75) is 32.2 Å². The lowest BCUT2D eigenvalue weighted by atomic mass is 10.0. The number of carbonyl (C=O) groups is 2. The van der Waals surface area contributed by atoms with Crippen molar-refractivity contribution < 1.29 is 14.3 Å². The zero-order chi connectivity index (χ0) is 23.8. The molecule has 1 N–H and O–H groups in total. The number of anilines is 2. The van der Waals surface area contributed by atoms with Crippen LogP contribution >= 0.6 is 0 Å². The molecule has 0 aromatic heterocycles. The molecule has 7 heteroatoms. The van der Waals surface area contributed by atoms with Gasteiger partial charge in [0.05, 0.1) is 19.8 Å². The molecule has 2 saturated heterocycles. The zero-order valence-electron chi connectivity index (χ0n) is 20.1. The normalized spacial score (nSPS) is 17.1. The van der Waals surface area contributed by atoms with Crippen LogP contribution in [0.4, 0.5) is 11.4 Å². The Balaban J connectivity index is 1.28. The molecular formula is C27H36N4O3. The molecule has 2 aliphatic heterocycles. The predicted octanol–water partition coefficient (Wildman–Crippen LogP) is 3.48. The molecule has 0 radical (unpaired) electrons. The molecule has 0 bridgehead atoms. The summed E-state index contributed by atoms with van der Waals surface area (Å²) in [4.78, 5) is 32.1. The third-order valence-electron chi connectivity index (χ3n) is 6.67. The van der Waals surface area contributed by atoms with Crippen molar-refractivity contribution in [3.05, 3.63) is 60.2 Å². The number of piperidine rings is 1. The Morgan fingerprint density at radius 3 is 2.29 bits per heavy atom. The van der Waals surface area contributed by atoms with Crippen molar-refractivity contribution in [1.82, 2.24) is 9.80 Å². The summed E-state index contributed by atoms with van der Waals surface area (Å²) in [5.41, 5.74) is 2.72. The van der Waals surface area contributed by atoms with Gasteiger partial charge in [0.25, 0.3) is 5.91 Å². The highest BCUT2D eigenvalue weighted by molar-refractivity contribution is 5.94. The third kappa shape index (κ3) is 6.36. The van der Waals surface area contributed by atoms with Crippen LogP contribution in [-0.4, -0.2) is 80.1 Å². The van der Waals surface area contributed by atoms with Crippen LogP contribution in [0.5, 0.6) is 0 Å². The third-order valence-corrected chi connectivity index (χ3v) is 6.67. The molecule has 7 nitrogen and oxygen atoms in total. The van der Waals surface area contributed by atoms with E-state index < -0.39 is 0 Å². The van der Waals surface area contributed by atoms with Gasteiger partial charge in [0, 0.05) is 49.2 Å². The van der Waals surface area contributed by atoms with E-state index in [9.17, 15) is 9.59 Å². The number of hydrogen-bond donors (Lipinski definition) is 1. The minimum Gasteiger partial charge on any atom is -0.378 e. The molecule has 182 valence electrons. The molecule has 2 aromatic carbocycles. The lowest BCUT2D eigenvalue weighted by Crippen LogP contribution is -2.49. The highest BCUT2D eigenvalue weighted by atomic mass is 16.5. The van der Waals surface area contributed by atoms with Gasteiger partial charge in [0.2, 0.25) is 5.91 Å². The maximum Gasteiger partial charge on any atom is 0.253 e. The Hall–Kier alpha value is -2.90. The summed E-state index contributed by atoms with van der Waals surface area (Å²) < 4.78 is 5.42. The van der Waals surface area contributed by atoms with Crippen LogP contribution in [0.25, 0.3) is 0 Å². The van der Waals surface area contributed by atoms with E-state index in [1.54, 1.807) is 0 Å². The quantitative estimate of drug-likeness (QED) is 0.648. The highest BCUT2D eigenvalue weighted by Gasteiger charge is 2.28. The van der Waals surface area contributed by atoms with Gasteiger partial charge in [-0.3, -0.25) is 14.5 Å². The molecule has 0 aliphatic carbocycles. The number of morpholine rings is 1. The highest BCUT2D eigenvalue weighted by Crippen LogP contribution is 2.21. The summed E-state index contributed by atoms with van der Waals surface area (Å²) in [5, 5.41) is 3.06. The average Bonchev–Trinajstić information content (AvgIpc) is 2.89. The molecule has 2 fully saturated rings. The Bertz CT molecular complexity index is 921. The number of amides is 2. The van der Waals surface area contributed by atoms with E-state index in [0.29, 0.717) is 12.6 Å². The Morgan fingerprint density at radius 2 is 1.65 bits per heavy atom. The molecule has 4 rings (SSSR count). The van der Waals surface area contributed by atoms with Crippen molar-refractivity contribution in [3.63, 3.8) is 0 Å². The van der Waals surface area contributed by atoms with Crippen LogP contribution in [0.1, 0.15) is 36.5 Å². The first-order valence-electron chi connectivity index (χ1n) is 12.4. The number of benzene rings is 2. The molecule has 2 aromatic rings. The summed E-state index contributed by atoms with van der Waals surface area (Å²) >= 11 is 0. The standard InChI is InChI=1S/C27H36N4O3/c1-2-14-31(25-12-15-30(16-13-25)27(33)22-6-4-3-5-7-22)21-26(32)28-23-8-10-24(11-9-23)29-17-19-34-20-18-29/h3-11,25H,2,12-21H2,1H3,(H,28,32).